The number of fused-ring (bicyclic) bond motifs is 1. The number of benzene rings is 1. The lowest BCUT2D eigenvalue weighted by Crippen LogP contribution is -2.36. The van der Waals surface area contributed by atoms with E-state index in [4.69, 9.17) is 21.1 Å². The molecule has 10 heteroatoms. The number of carbonyl (C=O) groups is 2. The lowest BCUT2D eigenvalue weighted by atomic mass is 10.2. The zero-order valence-electron chi connectivity index (χ0n) is 15.6. The SMILES string of the molecule is CCOC(=O)Nc1nc2c(s1)CN(CC(=O)Nc1cc(Cl)ccc1OC)CC2. The molecule has 150 valence electrons. The van der Waals surface area contributed by atoms with Crippen molar-refractivity contribution in [3.05, 3.63) is 33.8 Å². The van der Waals surface area contributed by atoms with Crippen molar-refractivity contribution in [1.29, 1.82) is 0 Å². The fourth-order valence-corrected chi connectivity index (χ4v) is 4.07. The highest BCUT2D eigenvalue weighted by molar-refractivity contribution is 7.15. The van der Waals surface area contributed by atoms with E-state index in [9.17, 15) is 9.59 Å². The maximum atomic E-state index is 12.5. The minimum atomic E-state index is -0.514. The second kappa shape index (κ2) is 9.22. The Morgan fingerprint density at radius 2 is 2.18 bits per heavy atom. The van der Waals surface area contributed by atoms with Gasteiger partial charge in [0.25, 0.3) is 0 Å². The Balaban J connectivity index is 1.58. The number of rotatable bonds is 6. The van der Waals surface area contributed by atoms with Gasteiger partial charge in [-0.05, 0) is 25.1 Å². The van der Waals surface area contributed by atoms with Crippen LogP contribution in [-0.2, 0) is 22.5 Å². The second-order valence-corrected chi connectivity index (χ2v) is 7.61. The minimum Gasteiger partial charge on any atom is -0.495 e. The monoisotopic (exact) mass is 424 g/mol. The molecule has 0 saturated heterocycles. The first-order valence-electron chi connectivity index (χ1n) is 8.76. The van der Waals surface area contributed by atoms with Crippen molar-refractivity contribution in [2.24, 2.45) is 0 Å². The quantitative estimate of drug-likeness (QED) is 0.738. The van der Waals surface area contributed by atoms with Gasteiger partial charge in [0.05, 0.1) is 31.6 Å². The molecule has 1 aromatic heterocycles. The number of carbonyl (C=O) groups excluding carboxylic acids is 2. The number of hydrogen-bond donors (Lipinski definition) is 2. The first kappa shape index (κ1) is 20.4. The lowest BCUT2D eigenvalue weighted by Gasteiger charge is -2.25. The molecule has 3 rings (SSSR count). The Morgan fingerprint density at radius 1 is 1.36 bits per heavy atom. The van der Waals surface area contributed by atoms with Crippen LogP contribution in [0.15, 0.2) is 18.2 Å². The van der Waals surface area contributed by atoms with E-state index in [0.29, 0.717) is 47.7 Å². The maximum absolute atomic E-state index is 12.5. The summed E-state index contributed by atoms with van der Waals surface area (Å²) in [6.45, 7) is 3.58. The summed E-state index contributed by atoms with van der Waals surface area (Å²) in [4.78, 5) is 31.5. The van der Waals surface area contributed by atoms with E-state index in [1.807, 2.05) is 4.90 Å². The van der Waals surface area contributed by atoms with E-state index < -0.39 is 6.09 Å². The van der Waals surface area contributed by atoms with Crippen molar-refractivity contribution in [1.82, 2.24) is 9.88 Å². The Kier molecular flexibility index (Phi) is 6.71. The lowest BCUT2D eigenvalue weighted by molar-refractivity contribution is -0.117. The number of nitrogens with one attached hydrogen (secondary N) is 2. The van der Waals surface area contributed by atoms with Crippen LogP contribution >= 0.6 is 22.9 Å². The normalized spacial score (nSPS) is 13.5. The number of methoxy groups -OCH3 is 1. The zero-order valence-corrected chi connectivity index (χ0v) is 17.2. The summed E-state index contributed by atoms with van der Waals surface area (Å²) in [6.07, 6.45) is 0.199. The fraction of sp³-hybridized carbons (Fsp3) is 0.389. The van der Waals surface area contributed by atoms with Gasteiger partial charge in [-0.25, -0.2) is 9.78 Å². The van der Waals surface area contributed by atoms with Crippen LogP contribution in [0.4, 0.5) is 15.6 Å². The zero-order chi connectivity index (χ0) is 20.1. The van der Waals surface area contributed by atoms with Crippen LogP contribution in [0.1, 0.15) is 17.5 Å². The van der Waals surface area contributed by atoms with Gasteiger partial charge in [-0.3, -0.25) is 15.0 Å². The van der Waals surface area contributed by atoms with Crippen LogP contribution in [0.25, 0.3) is 0 Å². The number of amides is 2. The van der Waals surface area contributed by atoms with Gasteiger partial charge in [0.15, 0.2) is 5.13 Å². The molecule has 1 aliphatic rings. The van der Waals surface area contributed by atoms with Crippen molar-refractivity contribution in [2.75, 3.05) is 37.4 Å². The summed E-state index contributed by atoms with van der Waals surface area (Å²) in [6, 6.07) is 5.07. The van der Waals surface area contributed by atoms with Crippen LogP contribution in [0.5, 0.6) is 5.75 Å². The Bertz CT molecular complexity index is 873. The summed E-state index contributed by atoms with van der Waals surface area (Å²) in [5.41, 5.74) is 1.49. The van der Waals surface area contributed by atoms with Gasteiger partial charge in [0.2, 0.25) is 5.91 Å². The van der Waals surface area contributed by atoms with Crippen LogP contribution in [0, 0.1) is 0 Å². The second-order valence-electron chi connectivity index (χ2n) is 6.09. The van der Waals surface area contributed by atoms with Crippen molar-refractivity contribution in [3.8, 4) is 5.75 Å². The molecule has 8 nitrogen and oxygen atoms in total. The van der Waals surface area contributed by atoms with Gasteiger partial charge in [0.1, 0.15) is 5.75 Å². The number of anilines is 2. The highest BCUT2D eigenvalue weighted by Gasteiger charge is 2.23. The highest BCUT2D eigenvalue weighted by Crippen LogP contribution is 2.29. The number of nitrogens with zero attached hydrogens (tertiary/aromatic N) is 2. The molecule has 2 N–H and O–H groups in total. The Labute approximate surface area is 171 Å². The molecule has 0 aliphatic carbocycles. The molecule has 0 bridgehead atoms. The van der Waals surface area contributed by atoms with Gasteiger partial charge in [-0.2, -0.15) is 0 Å². The molecule has 0 spiro atoms. The summed E-state index contributed by atoms with van der Waals surface area (Å²) < 4.78 is 10.1. The number of aromatic nitrogens is 1. The molecule has 2 amide bonds. The van der Waals surface area contributed by atoms with E-state index >= 15 is 0 Å². The Morgan fingerprint density at radius 3 is 2.93 bits per heavy atom. The van der Waals surface area contributed by atoms with E-state index in [1.54, 1.807) is 25.1 Å². The largest absolute Gasteiger partial charge is 0.495 e. The van der Waals surface area contributed by atoms with E-state index in [-0.39, 0.29) is 12.5 Å². The smallest absolute Gasteiger partial charge is 0.413 e. The maximum Gasteiger partial charge on any atom is 0.413 e. The summed E-state index contributed by atoms with van der Waals surface area (Å²) >= 11 is 7.40. The molecule has 0 unspecified atom stereocenters. The summed E-state index contributed by atoms with van der Waals surface area (Å²) in [5, 5.41) is 6.50. The van der Waals surface area contributed by atoms with Gasteiger partial charge < -0.3 is 14.8 Å². The molecule has 0 radical (unpaired) electrons. The molecular formula is C18H21ClN4O4S. The van der Waals surface area contributed by atoms with Crippen LogP contribution in [0.3, 0.4) is 0 Å². The first-order valence-corrected chi connectivity index (χ1v) is 9.96. The summed E-state index contributed by atoms with van der Waals surface area (Å²) in [5.74, 6) is 0.397. The molecule has 0 atom stereocenters. The van der Waals surface area contributed by atoms with Gasteiger partial charge in [0, 0.05) is 29.4 Å². The molecule has 2 heterocycles. The fourth-order valence-electron chi connectivity index (χ4n) is 2.86. The van der Waals surface area contributed by atoms with E-state index in [0.717, 1.165) is 10.6 Å². The number of hydrogen-bond acceptors (Lipinski definition) is 7. The molecule has 0 fully saturated rings. The Hall–Kier alpha value is -2.36. The average molecular weight is 425 g/mol. The topological polar surface area (TPSA) is 92.8 Å². The van der Waals surface area contributed by atoms with Crippen molar-refractivity contribution in [2.45, 2.75) is 19.9 Å². The predicted octanol–water partition coefficient (Wildman–Crippen LogP) is 3.37. The number of thiazole rings is 1. The molecular weight excluding hydrogens is 404 g/mol. The van der Waals surface area contributed by atoms with Crippen LogP contribution in [0.2, 0.25) is 5.02 Å². The molecule has 0 saturated carbocycles. The molecule has 2 aromatic rings. The van der Waals surface area contributed by atoms with Crippen LogP contribution < -0.4 is 15.4 Å². The standard InChI is InChI=1S/C18H21ClN4O4S/c1-3-27-18(25)22-17-21-12-6-7-23(9-15(12)28-17)10-16(24)20-13-8-11(19)4-5-14(13)26-2/h4-5,8H,3,6-7,9-10H2,1-2H3,(H,20,24)(H,21,22,25). The third kappa shape index (κ3) is 5.12. The van der Waals surface area contributed by atoms with Crippen molar-refractivity contribution in [3.63, 3.8) is 0 Å². The van der Waals surface area contributed by atoms with Gasteiger partial charge >= 0.3 is 6.09 Å². The van der Waals surface area contributed by atoms with Gasteiger partial charge in [-0.1, -0.05) is 22.9 Å². The highest BCUT2D eigenvalue weighted by atomic mass is 35.5. The summed E-state index contributed by atoms with van der Waals surface area (Å²) in [7, 11) is 1.54. The molecule has 1 aliphatic heterocycles. The van der Waals surface area contributed by atoms with Crippen molar-refractivity contribution >= 4 is 45.8 Å². The van der Waals surface area contributed by atoms with Crippen molar-refractivity contribution < 1.29 is 19.1 Å². The van der Waals surface area contributed by atoms with Crippen LogP contribution in [-0.4, -0.2) is 48.7 Å². The van der Waals surface area contributed by atoms with Gasteiger partial charge in [-0.15, -0.1) is 0 Å². The number of ether oxygens (including phenoxy) is 2. The first-order chi connectivity index (χ1) is 13.5. The van der Waals surface area contributed by atoms with E-state index in [1.165, 1.54) is 18.4 Å². The number of halogens is 1. The minimum absolute atomic E-state index is 0.154. The third-order valence-electron chi connectivity index (χ3n) is 4.10. The third-order valence-corrected chi connectivity index (χ3v) is 5.33. The van der Waals surface area contributed by atoms with E-state index in [2.05, 4.69) is 15.6 Å². The molecule has 28 heavy (non-hydrogen) atoms. The predicted molar refractivity (Wildman–Crippen MR) is 108 cm³/mol. The average Bonchev–Trinajstić information content (AvgIpc) is 3.03. The molecule has 1 aromatic carbocycles.